The molecule has 0 radical (unpaired) electrons. The monoisotopic (exact) mass is 325 g/mol. The predicted molar refractivity (Wildman–Crippen MR) is 99.8 cm³/mol. The van der Waals surface area contributed by atoms with Crippen molar-refractivity contribution >= 4 is 5.69 Å². The zero-order chi connectivity index (χ0) is 17.6. The van der Waals surface area contributed by atoms with Crippen molar-refractivity contribution in [3.05, 3.63) is 77.9 Å². The summed E-state index contributed by atoms with van der Waals surface area (Å²) in [6.45, 7) is 0. The molecule has 0 aliphatic carbocycles. The van der Waals surface area contributed by atoms with E-state index < -0.39 is 0 Å². The van der Waals surface area contributed by atoms with Crippen LogP contribution in [0.15, 0.2) is 66.7 Å². The van der Waals surface area contributed by atoms with Gasteiger partial charge in [-0.25, -0.2) is 0 Å². The quantitative estimate of drug-likeness (QED) is 0.553. The fraction of sp³-hybridized carbons (Fsp3) is 0. The third-order valence-corrected chi connectivity index (χ3v) is 3.38. The molecule has 0 heterocycles. The lowest BCUT2D eigenvalue weighted by Crippen LogP contribution is -1.92. The van der Waals surface area contributed by atoms with Crippen molar-refractivity contribution < 1.29 is 9.47 Å². The number of hydrogen-bond acceptors (Lipinski definition) is 3. The molecular formula is C22H15NO2. The van der Waals surface area contributed by atoms with Crippen molar-refractivity contribution in [3.63, 3.8) is 0 Å². The van der Waals surface area contributed by atoms with Crippen LogP contribution in [0.4, 0.5) is 5.69 Å². The van der Waals surface area contributed by atoms with Gasteiger partial charge < -0.3 is 15.2 Å². The summed E-state index contributed by atoms with van der Waals surface area (Å²) in [6, 6.07) is 19.7. The Morgan fingerprint density at radius 3 is 1.56 bits per heavy atom. The molecule has 0 saturated carbocycles. The van der Waals surface area contributed by atoms with Gasteiger partial charge in [-0.1, -0.05) is 24.0 Å². The molecule has 0 fully saturated rings. The van der Waals surface area contributed by atoms with Gasteiger partial charge >= 0.3 is 0 Å². The van der Waals surface area contributed by atoms with Gasteiger partial charge in [0.1, 0.15) is 23.0 Å². The van der Waals surface area contributed by atoms with E-state index in [0.717, 1.165) is 11.1 Å². The lowest BCUT2D eigenvalue weighted by Gasteiger charge is -2.11. The first-order valence-corrected chi connectivity index (χ1v) is 7.56. The number of nitrogen functional groups attached to an aromatic ring is 1. The van der Waals surface area contributed by atoms with E-state index >= 15 is 0 Å². The summed E-state index contributed by atoms with van der Waals surface area (Å²) < 4.78 is 11.7. The van der Waals surface area contributed by atoms with E-state index in [0.29, 0.717) is 28.7 Å². The van der Waals surface area contributed by atoms with Crippen LogP contribution < -0.4 is 15.2 Å². The molecule has 2 N–H and O–H groups in total. The van der Waals surface area contributed by atoms with Gasteiger partial charge in [-0.3, -0.25) is 0 Å². The SMILES string of the molecule is C#Cc1cccc(Oc2cc(N)cc(Oc3cccc(C#C)c3)c2)c1. The van der Waals surface area contributed by atoms with Gasteiger partial charge in [-0.2, -0.15) is 0 Å². The molecule has 3 rings (SSSR count). The molecule has 0 atom stereocenters. The van der Waals surface area contributed by atoms with E-state index in [2.05, 4.69) is 11.8 Å². The van der Waals surface area contributed by atoms with Crippen molar-refractivity contribution in [2.45, 2.75) is 0 Å². The molecule has 25 heavy (non-hydrogen) atoms. The number of hydrogen-bond donors (Lipinski definition) is 1. The summed E-state index contributed by atoms with van der Waals surface area (Å²) in [5.41, 5.74) is 7.96. The molecular weight excluding hydrogens is 310 g/mol. The number of terminal acetylenes is 2. The Labute approximate surface area is 147 Å². The van der Waals surface area contributed by atoms with Crippen molar-refractivity contribution in [1.29, 1.82) is 0 Å². The van der Waals surface area contributed by atoms with Crippen LogP contribution in [0.2, 0.25) is 0 Å². The highest BCUT2D eigenvalue weighted by molar-refractivity contribution is 5.53. The summed E-state index contributed by atoms with van der Waals surface area (Å²) in [5.74, 6) is 7.51. The number of rotatable bonds is 4. The molecule has 3 aromatic rings. The van der Waals surface area contributed by atoms with Crippen molar-refractivity contribution in [1.82, 2.24) is 0 Å². The zero-order valence-corrected chi connectivity index (χ0v) is 13.4. The van der Waals surface area contributed by atoms with Gasteiger partial charge in [-0.15, -0.1) is 12.8 Å². The molecule has 3 heteroatoms. The second-order valence-electron chi connectivity index (χ2n) is 5.29. The Kier molecular flexibility index (Phi) is 4.60. The maximum atomic E-state index is 5.95. The Morgan fingerprint density at radius 1 is 0.640 bits per heavy atom. The van der Waals surface area contributed by atoms with Crippen LogP contribution in [0.3, 0.4) is 0 Å². The van der Waals surface area contributed by atoms with Gasteiger partial charge in [0.25, 0.3) is 0 Å². The summed E-state index contributed by atoms with van der Waals surface area (Å²) in [4.78, 5) is 0. The van der Waals surface area contributed by atoms with Gasteiger partial charge in [0, 0.05) is 35.0 Å². The molecule has 0 bridgehead atoms. The summed E-state index contributed by atoms with van der Waals surface area (Å²) in [6.07, 6.45) is 10.8. The van der Waals surface area contributed by atoms with Crippen molar-refractivity contribution in [3.8, 4) is 47.7 Å². The van der Waals surface area contributed by atoms with Crippen LogP contribution >= 0.6 is 0 Å². The van der Waals surface area contributed by atoms with E-state index in [4.69, 9.17) is 28.1 Å². The molecule has 0 aliphatic heterocycles. The average Bonchev–Trinajstić information content (AvgIpc) is 2.61. The first kappa shape index (κ1) is 16.1. The largest absolute Gasteiger partial charge is 0.457 e. The molecule has 3 nitrogen and oxygen atoms in total. The van der Waals surface area contributed by atoms with Gasteiger partial charge in [0.05, 0.1) is 0 Å². The lowest BCUT2D eigenvalue weighted by molar-refractivity contribution is 0.461. The number of nitrogens with two attached hydrogens (primary N) is 1. The first-order valence-electron chi connectivity index (χ1n) is 7.56. The Morgan fingerprint density at radius 2 is 1.12 bits per heavy atom. The number of benzene rings is 3. The molecule has 3 aromatic carbocycles. The molecule has 0 aliphatic rings. The molecule has 120 valence electrons. The van der Waals surface area contributed by atoms with E-state index in [1.165, 1.54) is 0 Å². The molecule has 0 unspecified atom stereocenters. The van der Waals surface area contributed by atoms with Crippen LogP contribution in [0.25, 0.3) is 0 Å². The minimum Gasteiger partial charge on any atom is -0.457 e. The predicted octanol–water partition coefficient (Wildman–Crippen LogP) is 4.82. The normalized spacial score (nSPS) is 9.68. The van der Waals surface area contributed by atoms with Crippen LogP contribution in [0.5, 0.6) is 23.0 Å². The fourth-order valence-electron chi connectivity index (χ4n) is 2.28. The minimum absolute atomic E-state index is 0.522. The summed E-state index contributed by atoms with van der Waals surface area (Å²) in [5, 5.41) is 0. The Bertz CT molecular complexity index is 916. The third-order valence-electron chi connectivity index (χ3n) is 3.38. The molecule has 0 spiro atoms. The van der Waals surface area contributed by atoms with E-state index in [1.54, 1.807) is 30.3 Å². The van der Waals surface area contributed by atoms with Gasteiger partial charge in [0.2, 0.25) is 0 Å². The highest BCUT2D eigenvalue weighted by atomic mass is 16.5. The van der Waals surface area contributed by atoms with Gasteiger partial charge in [0.15, 0.2) is 0 Å². The van der Waals surface area contributed by atoms with E-state index in [-0.39, 0.29) is 0 Å². The van der Waals surface area contributed by atoms with E-state index in [1.807, 2.05) is 36.4 Å². The summed E-state index contributed by atoms with van der Waals surface area (Å²) in [7, 11) is 0. The second kappa shape index (κ2) is 7.17. The zero-order valence-electron chi connectivity index (χ0n) is 13.4. The maximum absolute atomic E-state index is 5.95. The smallest absolute Gasteiger partial charge is 0.133 e. The van der Waals surface area contributed by atoms with Crippen molar-refractivity contribution in [2.24, 2.45) is 0 Å². The van der Waals surface area contributed by atoms with E-state index in [9.17, 15) is 0 Å². The highest BCUT2D eigenvalue weighted by Gasteiger charge is 2.05. The molecule has 0 aromatic heterocycles. The fourth-order valence-corrected chi connectivity index (χ4v) is 2.28. The number of ether oxygens (including phenoxy) is 2. The van der Waals surface area contributed by atoms with Crippen LogP contribution in [0, 0.1) is 24.7 Å². The highest BCUT2D eigenvalue weighted by Crippen LogP contribution is 2.31. The van der Waals surface area contributed by atoms with Crippen molar-refractivity contribution in [2.75, 3.05) is 5.73 Å². The van der Waals surface area contributed by atoms with Crippen LogP contribution in [0.1, 0.15) is 11.1 Å². The average molecular weight is 325 g/mol. The van der Waals surface area contributed by atoms with Crippen LogP contribution in [-0.2, 0) is 0 Å². The maximum Gasteiger partial charge on any atom is 0.133 e. The Balaban J connectivity index is 1.85. The lowest BCUT2D eigenvalue weighted by atomic mass is 10.2. The topological polar surface area (TPSA) is 44.5 Å². The summed E-state index contributed by atoms with van der Waals surface area (Å²) >= 11 is 0. The molecule has 0 saturated heterocycles. The standard InChI is InChI=1S/C22H15NO2/c1-3-16-7-5-9-19(11-16)24-21-13-18(23)14-22(15-21)25-20-10-6-8-17(4-2)12-20/h1-2,5-15H,23H2. The number of anilines is 1. The second-order valence-corrected chi connectivity index (χ2v) is 5.29. The van der Waals surface area contributed by atoms with Gasteiger partial charge in [-0.05, 0) is 36.4 Å². The first-order chi connectivity index (χ1) is 12.2. The van der Waals surface area contributed by atoms with Crippen LogP contribution in [-0.4, -0.2) is 0 Å². The minimum atomic E-state index is 0.522. The molecule has 0 amide bonds. The Hall–Kier alpha value is -3.82. The third kappa shape index (κ3) is 4.13.